The maximum Gasteiger partial charge on any atom is 0.143 e. The van der Waals surface area contributed by atoms with Gasteiger partial charge in [-0.05, 0) is 52.7 Å². The van der Waals surface area contributed by atoms with Crippen molar-refractivity contribution in [3.8, 4) is 39.3 Å². The number of rotatable bonds is 4. The molecule has 0 radical (unpaired) electrons. The molecule has 0 saturated heterocycles. The van der Waals surface area contributed by atoms with Gasteiger partial charge in [-0.2, -0.15) is 0 Å². The molecule has 4 nitrogen and oxygen atoms in total. The van der Waals surface area contributed by atoms with Crippen molar-refractivity contribution >= 4 is 65.6 Å². The summed E-state index contributed by atoms with van der Waals surface area (Å²) in [7, 11) is 0. The monoisotopic (exact) mass is 663 g/mol. The van der Waals surface area contributed by atoms with Crippen LogP contribution in [-0.4, -0.2) is 14.5 Å². The summed E-state index contributed by atoms with van der Waals surface area (Å²) in [4.78, 5) is 10.6. The van der Waals surface area contributed by atoms with Gasteiger partial charge < -0.3 is 8.98 Å². The van der Waals surface area contributed by atoms with Gasteiger partial charge in [-0.1, -0.05) is 140 Å². The minimum atomic E-state index is 0.843. The van der Waals surface area contributed by atoms with E-state index >= 15 is 0 Å². The fourth-order valence-electron chi connectivity index (χ4n) is 7.98. The van der Waals surface area contributed by atoms with E-state index in [0.717, 1.165) is 83.3 Å². The first-order valence-corrected chi connectivity index (χ1v) is 17.6. The van der Waals surface area contributed by atoms with Gasteiger partial charge in [0.2, 0.25) is 0 Å². The van der Waals surface area contributed by atoms with Gasteiger partial charge in [0.05, 0.1) is 33.5 Å². The van der Waals surface area contributed by atoms with Crippen LogP contribution in [0.4, 0.5) is 0 Å². The van der Waals surface area contributed by atoms with Gasteiger partial charge in [-0.25, -0.2) is 9.97 Å². The van der Waals surface area contributed by atoms with Crippen LogP contribution in [0.25, 0.3) is 105 Å². The first-order valence-electron chi connectivity index (χ1n) is 17.6. The Kier molecular flexibility index (Phi) is 6.22. The molecule has 0 amide bonds. The summed E-state index contributed by atoms with van der Waals surface area (Å²) in [5.74, 6) is 0. The van der Waals surface area contributed by atoms with Gasteiger partial charge in [-0.3, -0.25) is 0 Å². The number of hydrogen-bond acceptors (Lipinski definition) is 3. The fraction of sp³-hybridized carbons (Fsp3) is 0. The Bertz CT molecular complexity index is 3180. The van der Waals surface area contributed by atoms with Crippen LogP contribution in [0.5, 0.6) is 0 Å². The highest BCUT2D eigenvalue weighted by Crippen LogP contribution is 2.41. The number of benzene rings is 8. The second kappa shape index (κ2) is 11.2. The lowest BCUT2D eigenvalue weighted by Gasteiger charge is -2.13. The maximum atomic E-state index is 6.50. The minimum absolute atomic E-state index is 0.843. The highest BCUT2D eigenvalue weighted by atomic mass is 16.3. The molecule has 8 aromatic carbocycles. The lowest BCUT2D eigenvalue weighted by Crippen LogP contribution is -1.98. The van der Waals surface area contributed by atoms with Crippen molar-refractivity contribution in [2.75, 3.05) is 0 Å². The van der Waals surface area contributed by atoms with E-state index in [9.17, 15) is 0 Å². The summed E-state index contributed by atoms with van der Waals surface area (Å²) < 4.78 is 8.88. The minimum Gasteiger partial charge on any atom is -0.455 e. The molecule has 242 valence electrons. The van der Waals surface area contributed by atoms with Gasteiger partial charge in [0.15, 0.2) is 0 Å². The molecule has 0 unspecified atom stereocenters. The molecule has 0 atom stereocenters. The van der Waals surface area contributed by atoms with Crippen LogP contribution in [-0.2, 0) is 0 Å². The molecule has 52 heavy (non-hydrogen) atoms. The highest BCUT2D eigenvalue weighted by molar-refractivity contribution is 6.22. The summed E-state index contributed by atoms with van der Waals surface area (Å²) >= 11 is 0. The smallest absolute Gasteiger partial charge is 0.143 e. The predicted molar refractivity (Wildman–Crippen MR) is 215 cm³/mol. The highest BCUT2D eigenvalue weighted by Gasteiger charge is 2.19. The molecule has 0 aliphatic carbocycles. The molecule has 0 spiro atoms. The van der Waals surface area contributed by atoms with Crippen molar-refractivity contribution in [3.63, 3.8) is 0 Å². The predicted octanol–water partition coefficient (Wildman–Crippen LogP) is 12.8. The quantitative estimate of drug-likeness (QED) is 0.188. The number of aromatic nitrogens is 3. The van der Waals surface area contributed by atoms with E-state index in [4.69, 9.17) is 14.4 Å². The summed E-state index contributed by atoms with van der Waals surface area (Å²) in [5.41, 5.74) is 12.8. The van der Waals surface area contributed by atoms with Crippen LogP contribution in [0, 0.1) is 0 Å². The second-order valence-electron chi connectivity index (χ2n) is 13.4. The standard InChI is InChI=1S/C48H29N3O/c1-3-13-31(14-4-1)46-47(32-15-5-2-6-16-32)50-41-29-34(24-26-40(41)49-46)51-42-27-23-30-12-7-8-17-35(30)45(42)39-25-22-33(28-43(39)51)36-19-11-20-38-37-18-9-10-21-44(37)52-48(36)38/h1-29H. The van der Waals surface area contributed by atoms with Gasteiger partial charge in [-0.15, -0.1) is 0 Å². The Labute approximate surface area is 298 Å². The Morgan fingerprint density at radius 2 is 1.12 bits per heavy atom. The average molecular weight is 664 g/mol. The normalized spacial score (nSPS) is 11.8. The van der Waals surface area contributed by atoms with E-state index in [-0.39, 0.29) is 0 Å². The van der Waals surface area contributed by atoms with Crippen molar-refractivity contribution in [1.82, 2.24) is 14.5 Å². The van der Waals surface area contributed by atoms with E-state index in [2.05, 4.69) is 144 Å². The first-order chi connectivity index (χ1) is 25.8. The molecule has 0 aliphatic rings. The Morgan fingerprint density at radius 1 is 0.423 bits per heavy atom. The average Bonchev–Trinajstić information content (AvgIpc) is 3.76. The maximum absolute atomic E-state index is 6.50. The van der Waals surface area contributed by atoms with E-state index in [1.807, 2.05) is 36.4 Å². The summed E-state index contributed by atoms with van der Waals surface area (Å²) in [6.07, 6.45) is 0. The number of nitrogens with zero attached hydrogens (tertiary/aromatic N) is 3. The largest absolute Gasteiger partial charge is 0.455 e. The molecule has 3 heterocycles. The zero-order chi connectivity index (χ0) is 34.2. The molecule has 0 saturated carbocycles. The van der Waals surface area contributed by atoms with Crippen molar-refractivity contribution in [2.45, 2.75) is 0 Å². The molecule has 0 N–H and O–H groups in total. The molecule has 11 rings (SSSR count). The fourth-order valence-corrected chi connectivity index (χ4v) is 7.98. The van der Waals surface area contributed by atoms with Crippen LogP contribution in [0.1, 0.15) is 0 Å². The third kappa shape index (κ3) is 4.34. The van der Waals surface area contributed by atoms with E-state index in [1.165, 1.54) is 21.5 Å². The van der Waals surface area contributed by atoms with Crippen molar-refractivity contribution in [2.24, 2.45) is 0 Å². The molecule has 0 bridgehead atoms. The van der Waals surface area contributed by atoms with Gasteiger partial charge in [0.1, 0.15) is 11.2 Å². The van der Waals surface area contributed by atoms with Crippen LogP contribution < -0.4 is 0 Å². The third-order valence-corrected chi connectivity index (χ3v) is 10.4. The number of fused-ring (bicyclic) bond motifs is 9. The van der Waals surface area contributed by atoms with Crippen LogP contribution in [0.3, 0.4) is 0 Å². The number of furan rings is 1. The van der Waals surface area contributed by atoms with E-state index < -0.39 is 0 Å². The molecule has 4 heteroatoms. The summed E-state index contributed by atoms with van der Waals surface area (Å²) in [5, 5.41) is 7.13. The topological polar surface area (TPSA) is 43.9 Å². The SMILES string of the molecule is c1ccc(-c2nc3ccc(-n4c5cc(-c6cccc7c6oc6ccccc67)ccc5c5c6ccccc6ccc54)cc3nc2-c2ccccc2)cc1. The van der Waals surface area contributed by atoms with E-state index in [0.29, 0.717) is 0 Å². The zero-order valence-corrected chi connectivity index (χ0v) is 28.0. The molecule has 11 aromatic rings. The third-order valence-electron chi connectivity index (χ3n) is 10.4. The molecule has 0 fully saturated rings. The number of hydrogen-bond donors (Lipinski definition) is 0. The zero-order valence-electron chi connectivity index (χ0n) is 28.0. The Morgan fingerprint density at radius 3 is 1.92 bits per heavy atom. The second-order valence-corrected chi connectivity index (χ2v) is 13.4. The summed E-state index contributed by atoms with van der Waals surface area (Å²) in [6, 6.07) is 61.8. The van der Waals surface area contributed by atoms with Crippen molar-refractivity contribution in [3.05, 3.63) is 176 Å². The number of para-hydroxylation sites is 2. The lowest BCUT2D eigenvalue weighted by molar-refractivity contribution is 0.670. The van der Waals surface area contributed by atoms with Crippen molar-refractivity contribution < 1.29 is 4.42 Å². The Balaban J connectivity index is 1.18. The summed E-state index contributed by atoms with van der Waals surface area (Å²) in [6.45, 7) is 0. The molecular weight excluding hydrogens is 635 g/mol. The lowest BCUT2D eigenvalue weighted by atomic mass is 9.99. The van der Waals surface area contributed by atoms with Gasteiger partial charge in [0, 0.05) is 43.9 Å². The molecular formula is C48H29N3O. The van der Waals surface area contributed by atoms with Crippen LogP contribution >= 0.6 is 0 Å². The molecule has 3 aromatic heterocycles. The van der Waals surface area contributed by atoms with Gasteiger partial charge in [0.25, 0.3) is 0 Å². The van der Waals surface area contributed by atoms with Crippen LogP contribution in [0.15, 0.2) is 180 Å². The van der Waals surface area contributed by atoms with Crippen LogP contribution in [0.2, 0.25) is 0 Å². The van der Waals surface area contributed by atoms with E-state index in [1.54, 1.807) is 0 Å². The first kappa shape index (κ1) is 28.8. The Hall–Kier alpha value is -7.04. The van der Waals surface area contributed by atoms with Gasteiger partial charge >= 0.3 is 0 Å². The molecule has 0 aliphatic heterocycles. The van der Waals surface area contributed by atoms with Crippen molar-refractivity contribution in [1.29, 1.82) is 0 Å².